The molecule has 3 heterocycles. The van der Waals surface area contributed by atoms with Crippen LogP contribution in [0.3, 0.4) is 0 Å². The van der Waals surface area contributed by atoms with Gasteiger partial charge in [-0.05, 0) is 29.4 Å². The molecule has 146 valence electrons. The van der Waals surface area contributed by atoms with Crippen molar-refractivity contribution < 1.29 is 4.39 Å². The highest BCUT2D eigenvalue weighted by Gasteiger charge is 2.15. The van der Waals surface area contributed by atoms with Crippen molar-refractivity contribution in [1.29, 1.82) is 0 Å². The first-order chi connectivity index (χ1) is 14.0. The van der Waals surface area contributed by atoms with E-state index in [4.69, 9.17) is 17.2 Å². The van der Waals surface area contributed by atoms with Gasteiger partial charge in [-0.1, -0.05) is 31.4 Å². The molecule has 0 spiro atoms. The fraction of sp³-hybridized carbons (Fsp3) is 0. The van der Waals surface area contributed by atoms with Crippen molar-refractivity contribution in [1.82, 2.24) is 15.0 Å². The molecule has 0 aliphatic rings. The van der Waals surface area contributed by atoms with Gasteiger partial charge in [-0.15, -0.1) is 0 Å². The second-order valence-electron chi connectivity index (χ2n) is 6.18. The standard InChI is InChI=1S/C22H21FN6/c1-3-4-5-14(9-24)13(2)8-16-18(10-25)29-22-21(16)20(17(23)12-28-22)15-6-7-19(26)27-11-15/h3-12H,1-2,24-25H2,(H2,26,27)(H,28,29)/b5-4-,14-9+,16-8+,18-10+. The van der Waals surface area contributed by atoms with Gasteiger partial charge >= 0.3 is 0 Å². The van der Waals surface area contributed by atoms with Crippen LogP contribution in [0.1, 0.15) is 0 Å². The number of hydrogen-bond acceptors (Lipinski definition) is 5. The van der Waals surface area contributed by atoms with Gasteiger partial charge in [-0.2, -0.15) is 0 Å². The maximum absolute atomic E-state index is 14.9. The summed E-state index contributed by atoms with van der Waals surface area (Å²) in [7, 11) is 0. The van der Waals surface area contributed by atoms with Crippen LogP contribution in [0.4, 0.5) is 10.2 Å². The molecule has 29 heavy (non-hydrogen) atoms. The molecule has 0 bridgehead atoms. The number of fused-ring (bicyclic) bond motifs is 1. The first-order valence-corrected chi connectivity index (χ1v) is 8.72. The first-order valence-electron chi connectivity index (χ1n) is 8.72. The van der Waals surface area contributed by atoms with Crippen molar-refractivity contribution in [2.24, 2.45) is 11.5 Å². The molecule has 0 unspecified atom stereocenters. The molecule has 0 aliphatic heterocycles. The van der Waals surface area contributed by atoms with Crippen LogP contribution in [0, 0.1) is 5.82 Å². The SMILES string of the molecule is C=C/C=C\C(=C/N)C(=C)/C=c1\c(=C/N)[nH]c2ncc(F)c(-c3ccc(N)nc3)c12. The number of aromatic amines is 1. The summed E-state index contributed by atoms with van der Waals surface area (Å²) in [4.78, 5) is 11.3. The van der Waals surface area contributed by atoms with Gasteiger partial charge in [0.05, 0.1) is 11.5 Å². The molecule has 0 radical (unpaired) electrons. The highest BCUT2D eigenvalue weighted by Crippen LogP contribution is 2.27. The maximum Gasteiger partial charge on any atom is 0.150 e. The third-order valence-electron chi connectivity index (χ3n) is 4.37. The smallest absolute Gasteiger partial charge is 0.150 e. The van der Waals surface area contributed by atoms with Crippen molar-refractivity contribution in [3.63, 3.8) is 0 Å². The Labute approximate surface area is 167 Å². The van der Waals surface area contributed by atoms with Gasteiger partial charge in [0.25, 0.3) is 0 Å². The molecule has 7 heteroatoms. The third kappa shape index (κ3) is 3.79. The quantitative estimate of drug-likeness (QED) is 0.498. The average Bonchev–Trinajstić information content (AvgIpc) is 3.07. The lowest BCUT2D eigenvalue weighted by Crippen LogP contribution is -2.25. The number of allylic oxidation sites excluding steroid dienone is 5. The van der Waals surface area contributed by atoms with Crippen LogP contribution in [-0.4, -0.2) is 15.0 Å². The molecule has 7 N–H and O–H groups in total. The minimum Gasteiger partial charge on any atom is -0.404 e. The summed E-state index contributed by atoms with van der Waals surface area (Å²) >= 11 is 0. The van der Waals surface area contributed by atoms with Gasteiger partial charge in [0.2, 0.25) is 0 Å². The number of anilines is 1. The number of nitrogens with two attached hydrogens (primary N) is 3. The molecule has 0 aliphatic carbocycles. The monoisotopic (exact) mass is 388 g/mol. The number of nitrogen functional groups attached to an aromatic ring is 1. The molecule has 3 rings (SSSR count). The number of aromatic nitrogens is 3. The summed E-state index contributed by atoms with van der Waals surface area (Å²) in [6.45, 7) is 7.72. The van der Waals surface area contributed by atoms with E-state index in [9.17, 15) is 4.39 Å². The number of nitrogens with zero attached hydrogens (tertiary/aromatic N) is 2. The van der Waals surface area contributed by atoms with Crippen molar-refractivity contribution in [3.05, 3.63) is 89.6 Å². The third-order valence-corrected chi connectivity index (χ3v) is 4.37. The minimum atomic E-state index is -0.493. The van der Waals surface area contributed by atoms with E-state index in [1.165, 1.54) is 18.6 Å². The van der Waals surface area contributed by atoms with Crippen LogP contribution >= 0.6 is 0 Å². The van der Waals surface area contributed by atoms with E-state index >= 15 is 0 Å². The molecule has 0 saturated heterocycles. The Hall–Kier alpha value is -4.13. The van der Waals surface area contributed by atoms with E-state index in [1.54, 1.807) is 36.4 Å². The molecule has 3 aromatic rings. The summed E-state index contributed by atoms with van der Waals surface area (Å²) in [6.07, 6.45) is 12.4. The highest BCUT2D eigenvalue weighted by atomic mass is 19.1. The number of rotatable bonds is 5. The van der Waals surface area contributed by atoms with E-state index in [0.29, 0.717) is 49.7 Å². The Balaban J connectivity index is 2.36. The summed E-state index contributed by atoms with van der Waals surface area (Å²) in [5, 5.41) is 1.77. The lowest BCUT2D eigenvalue weighted by atomic mass is 10.0. The van der Waals surface area contributed by atoms with Gasteiger partial charge < -0.3 is 22.2 Å². The minimum absolute atomic E-state index is 0.339. The fourth-order valence-electron chi connectivity index (χ4n) is 2.99. The average molecular weight is 388 g/mol. The molecule has 6 nitrogen and oxygen atoms in total. The Morgan fingerprint density at radius 3 is 2.59 bits per heavy atom. The van der Waals surface area contributed by atoms with E-state index in [0.717, 1.165) is 6.20 Å². The largest absolute Gasteiger partial charge is 0.404 e. The topological polar surface area (TPSA) is 120 Å². The van der Waals surface area contributed by atoms with E-state index < -0.39 is 5.82 Å². The second-order valence-corrected chi connectivity index (χ2v) is 6.18. The predicted molar refractivity (Wildman–Crippen MR) is 117 cm³/mol. The second kappa shape index (κ2) is 8.26. The number of pyridine rings is 2. The number of hydrogen-bond donors (Lipinski definition) is 4. The van der Waals surface area contributed by atoms with Crippen molar-refractivity contribution in [2.45, 2.75) is 0 Å². The Morgan fingerprint density at radius 2 is 1.97 bits per heavy atom. The highest BCUT2D eigenvalue weighted by molar-refractivity contribution is 5.94. The van der Waals surface area contributed by atoms with Crippen LogP contribution < -0.4 is 27.8 Å². The molecule has 0 saturated carbocycles. The Kier molecular flexibility index (Phi) is 5.59. The van der Waals surface area contributed by atoms with E-state index in [1.807, 2.05) is 0 Å². The van der Waals surface area contributed by atoms with Gasteiger partial charge in [-0.25, -0.2) is 14.4 Å². The molecule has 0 amide bonds. The van der Waals surface area contributed by atoms with E-state index in [2.05, 4.69) is 28.1 Å². The van der Waals surface area contributed by atoms with Crippen molar-refractivity contribution in [2.75, 3.05) is 5.73 Å². The molecule has 0 aromatic carbocycles. The molecule has 0 atom stereocenters. The zero-order chi connectivity index (χ0) is 21.0. The van der Waals surface area contributed by atoms with Gasteiger partial charge in [0.15, 0.2) is 0 Å². The van der Waals surface area contributed by atoms with Crippen molar-refractivity contribution in [3.8, 4) is 11.1 Å². The lowest BCUT2D eigenvalue weighted by molar-refractivity contribution is 0.627. The molecular formula is C22H21FN6. The summed E-state index contributed by atoms with van der Waals surface area (Å²) in [5.41, 5.74) is 19.9. The summed E-state index contributed by atoms with van der Waals surface area (Å²) < 4.78 is 14.9. The van der Waals surface area contributed by atoms with Crippen LogP contribution in [0.2, 0.25) is 0 Å². The Bertz CT molecular complexity index is 1260. The zero-order valence-corrected chi connectivity index (χ0v) is 15.7. The number of halogens is 1. The molecule has 0 fully saturated rings. The van der Waals surface area contributed by atoms with Crippen LogP contribution in [0.25, 0.3) is 34.4 Å². The fourth-order valence-corrected chi connectivity index (χ4v) is 2.99. The van der Waals surface area contributed by atoms with E-state index in [-0.39, 0.29) is 0 Å². The van der Waals surface area contributed by atoms with Gasteiger partial charge in [0.1, 0.15) is 17.3 Å². The zero-order valence-electron chi connectivity index (χ0n) is 15.7. The van der Waals surface area contributed by atoms with Crippen molar-refractivity contribution >= 4 is 29.1 Å². The lowest BCUT2D eigenvalue weighted by Gasteiger charge is -2.06. The van der Waals surface area contributed by atoms with Crippen LogP contribution in [0.15, 0.2) is 73.3 Å². The number of H-pyrrole nitrogens is 1. The van der Waals surface area contributed by atoms with Crippen LogP contribution in [0.5, 0.6) is 0 Å². The maximum atomic E-state index is 14.9. The first kappa shape index (κ1) is 19.6. The van der Waals surface area contributed by atoms with Gasteiger partial charge in [-0.3, -0.25) is 0 Å². The number of nitrogens with one attached hydrogen (secondary N) is 1. The molecule has 3 aromatic heterocycles. The molecular weight excluding hydrogens is 367 g/mol. The Morgan fingerprint density at radius 1 is 1.17 bits per heavy atom. The van der Waals surface area contributed by atoms with Gasteiger partial charge in [0, 0.05) is 40.3 Å². The van der Waals surface area contributed by atoms with Crippen LogP contribution in [-0.2, 0) is 0 Å². The summed E-state index contributed by atoms with van der Waals surface area (Å²) in [5.74, 6) is -0.149. The summed E-state index contributed by atoms with van der Waals surface area (Å²) in [6, 6.07) is 3.32. The normalized spacial score (nSPS) is 13.5. The predicted octanol–water partition coefficient (Wildman–Crippen LogP) is 1.96.